The van der Waals surface area contributed by atoms with Crippen molar-refractivity contribution in [2.24, 2.45) is 0 Å². The quantitative estimate of drug-likeness (QED) is 0.826. The number of hydrogen-bond acceptors (Lipinski definition) is 4. The van der Waals surface area contributed by atoms with E-state index in [4.69, 9.17) is 5.73 Å². The molecule has 0 bridgehead atoms. The standard InChI is InChI=1S/C12H13N3O2S/c1-9-5-4-6-10(13)12(9)18(16,17)15-11-7-2-3-8-14-11/h2-8H,13H2,1H3,(H,14,15). The Morgan fingerprint density at radius 1 is 1.17 bits per heavy atom. The first-order valence-corrected chi connectivity index (χ1v) is 6.78. The SMILES string of the molecule is Cc1cccc(N)c1S(=O)(=O)Nc1ccccn1. The summed E-state index contributed by atoms with van der Waals surface area (Å²) in [7, 11) is -3.71. The molecular formula is C12H13N3O2S. The molecule has 1 aromatic carbocycles. The van der Waals surface area contributed by atoms with E-state index in [0.717, 1.165) is 0 Å². The van der Waals surface area contributed by atoms with Gasteiger partial charge in [-0.25, -0.2) is 13.4 Å². The minimum Gasteiger partial charge on any atom is -0.398 e. The summed E-state index contributed by atoms with van der Waals surface area (Å²) in [5, 5.41) is 0. The Morgan fingerprint density at radius 3 is 2.56 bits per heavy atom. The lowest BCUT2D eigenvalue weighted by atomic mass is 10.2. The molecule has 1 aromatic heterocycles. The second-order valence-electron chi connectivity index (χ2n) is 3.81. The fourth-order valence-electron chi connectivity index (χ4n) is 1.65. The second kappa shape index (κ2) is 4.66. The van der Waals surface area contributed by atoms with Gasteiger partial charge in [-0.1, -0.05) is 18.2 Å². The van der Waals surface area contributed by atoms with Crippen molar-refractivity contribution in [3.8, 4) is 0 Å². The van der Waals surface area contributed by atoms with E-state index >= 15 is 0 Å². The Kier molecular flexibility index (Phi) is 3.20. The minimum absolute atomic E-state index is 0.0932. The highest BCUT2D eigenvalue weighted by atomic mass is 32.2. The van der Waals surface area contributed by atoms with Crippen LogP contribution in [0.1, 0.15) is 5.56 Å². The third-order valence-corrected chi connectivity index (χ3v) is 3.99. The molecule has 2 rings (SSSR count). The first-order chi connectivity index (χ1) is 8.50. The van der Waals surface area contributed by atoms with Gasteiger partial charge in [0, 0.05) is 6.20 Å². The maximum absolute atomic E-state index is 12.2. The van der Waals surface area contributed by atoms with Gasteiger partial charge in [-0.3, -0.25) is 4.72 Å². The summed E-state index contributed by atoms with van der Waals surface area (Å²) in [5.74, 6) is 0.264. The molecule has 5 nitrogen and oxygen atoms in total. The topological polar surface area (TPSA) is 85.1 Å². The summed E-state index contributed by atoms with van der Waals surface area (Å²) < 4.78 is 26.8. The summed E-state index contributed by atoms with van der Waals surface area (Å²) in [6, 6.07) is 9.95. The lowest BCUT2D eigenvalue weighted by Crippen LogP contribution is -2.16. The minimum atomic E-state index is -3.71. The van der Waals surface area contributed by atoms with Crippen LogP contribution in [0.2, 0.25) is 0 Å². The second-order valence-corrected chi connectivity index (χ2v) is 5.43. The maximum Gasteiger partial charge on any atom is 0.265 e. The van der Waals surface area contributed by atoms with Crippen LogP contribution in [0, 0.1) is 6.92 Å². The van der Waals surface area contributed by atoms with Crippen molar-refractivity contribution >= 4 is 21.5 Å². The van der Waals surface area contributed by atoms with Crippen molar-refractivity contribution in [2.45, 2.75) is 11.8 Å². The van der Waals surface area contributed by atoms with Gasteiger partial charge in [-0.2, -0.15) is 0 Å². The lowest BCUT2D eigenvalue weighted by Gasteiger charge is -2.11. The number of nitrogens with one attached hydrogen (secondary N) is 1. The van der Waals surface area contributed by atoms with Crippen molar-refractivity contribution in [1.29, 1.82) is 0 Å². The van der Waals surface area contributed by atoms with Crippen LogP contribution >= 0.6 is 0 Å². The van der Waals surface area contributed by atoms with Crippen LogP contribution in [0.25, 0.3) is 0 Å². The van der Waals surface area contributed by atoms with Gasteiger partial charge in [-0.05, 0) is 30.7 Å². The van der Waals surface area contributed by atoms with E-state index in [1.54, 1.807) is 43.3 Å². The number of rotatable bonds is 3. The fourth-order valence-corrected chi connectivity index (χ4v) is 3.02. The summed E-state index contributed by atoms with van der Waals surface area (Å²) in [6.45, 7) is 1.70. The highest BCUT2D eigenvalue weighted by molar-refractivity contribution is 7.93. The van der Waals surface area contributed by atoms with Gasteiger partial charge in [0.15, 0.2) is 0 Å². The van der Waals surface area contributed by atoms with E-state index in [-0.39, 0.29) is 16.4 Å². The predicted molar refractivity (Wildman–Crippen MR) is 70.6 cm³/mol. The molecule has 0 atom stereocenters. The zero-order valence-electron chi connectivity index (χ0n) is 9.79. The molecule has 94 valence electrons. The average molecular weight is 263 g/mol. The van der Waals surface area contributed by atoms with E-state index in [1.165, 1.54) is 6.20 Å². The van der Waals surface area contributed by atoms with Crippen molar-refractivity contribution in [3.05, 3.63) is 48.2 Å². The zero-order chi connectivity index (χ0) is 13.2. The molecular weight excluding hydrogens is 250 g/mol. The molecule has 0 aliphatic heterocycles. The van der Waals surface area contributed by atoms with Crippen molar-refractivity contribution in [3.63, 3.8) is 0 Å². The summed E-state index contributed by atoms with van der Waals surface area (Å²) in [5.41, 5.74) is 6.54. The summed E-state index contributed by atoms with van der Waals surface area (Å²) >= 11 is 0. The smallest absolute Gasteiger partial charge is 0.265 e. The highest BCUT2D eigenvalue weighted by Crippen LogP contribution is 2.24. The van der Waals surface area contributed by atoms with Gasteiger partial charge in [0.1, 0.15) is 10.7 Å². The van der Waals surface area contributed by atoms with Crippen LogP contribution in [0.15, 0.2) is 47.5 Å². The van der Waals surface area contributed by atoms with Crippen molar-refractivity contribution in [1.82, 2.24) is 4.98 Å². The molecule has 0 amide bonds. The highest BCUT2D eigenvalue weighted by Gasteiger charge is 2.20. The Bertz CT molecular complexity index is 634. The van der Waals surface area contributed by atoms with E-state index < -0.39 is 10.0 Å². The molecule has 1 heterocycles. The fraction of sp³-hybridized carbons (Fsp3) is 0.0833. The molecule has 0 saturated heterocycles. The number of nitrogens with zero attached hydrogens (tertiary/aromatic N) is 1. The van der Waals surface area contributed by atoms with Gasteiger partial charge in [0.05, 0.1) is 5.69 Å². The van der Waals surface area contributed by atoms with E-state index in [2.05, 4.69) is 9.71 Å². The Morgan fingerprint density at radius 2 is 1.94 bits per heavy atom. The zero-order valence-corrected chi connectivity index (χ0v) is 10.6. The molecule has 18 heavy (non-hydrogen) atoms. The third-order valence-electron chi connectivity index (χ3n) is 2.41. The van der Waals surface area contributed by atoms with Crippen LogP contribution in [-0.2, 0) is 10.0 Å². The Labute approximate surface area is 106 Å². The molecule has 0 aliphatic carbocycles. The predicted octanol–water partition coefficient (Wildman–Crippen LogP) is 1.77. The summed E-state index contributed by atoms with van der Waals surface area (Å²) in [6.07, 6.45) is 1.51. The number of aryl methyl sites for hydroxylation is 1. The van der Waals surface area contributed by atoms with Gasteiger partial charge < -0.3 is 5.73 Å². The largest absolute Gasteiger partial charge is 0.398 e. The van der Waals surface area contributed by atoms with Crippen LogP contribution in [-0.4, -0.2) is 13.4 Å². The van der Waals surface area contributed by atoms with E-state index in [9.17, 15) is 8.42 Å². The molecule has 3 N–H and O–H groups in total. The lowest BCUT2D eigenvalue weighted by molar-refractivity contribution is 0.601. The molecule has 6 heteroatoms. The Hall–Kier alpha value is -2.08. The van der Waals surface area contributed by atoms with E-state index in [0.29, 0.717) is 5.56 Å². The van der Waals surface area contributed by atoms with Gasteiger partial charge >= 0.3 is 0 Å². The summed E-state index contributed by atoms with van der Waals surface area (Å²) in [4.78, 5) is 4.01. The molecule has 0 saturated carbocycles. The number of aromatic nitrogens is 1. The van der Waals surface area contributed by atoms with Crippen LogP contribution in [0.3, 0.4) is 0 Å². The van der Waals surface area contributed by atoms with Crippen molar-refractivity contribution < 1.29 is 8.42 Å². The number of pyridine rings is 1. The van der Waals surface area contributed by atoms with Crippen LogP contribution in [0.4, 0.5) is 11.5 Å². The van der Waals surface area contributed by atoms with Gasteiger partial charge in [-0.15, -0.1) is 0 Å². The average Bonchev–Trinajstić information content (AvgIpc) is 2.28. The molecule has 2 aromatic rings. The van der Waals surface area contributed by atoms with Crippen LogP contribution < -0.4 is 10.5 Å². The first kappa shape index (κ1) is 12.4. The number of nitrogen functional groups attached to an aromatic ring is 1. The number of nitrogens with two attached hydrogens (primary N) is 1. The maximum atomic E-state index is 12.2. The normalized spacial score (nSPS) is 11.2. The number of benzene rings is 1. The third kappa shape index (κ3) is 2.43. The first-order valence-electron chi connectivity index (χ1n) is 5.29. The Balaban J connectivity index is 2.44. The van der Waals surface area contributed by atoms with Gasteiger partial charge in [0.25, 0.3) is 10.0 Å². The number of hydrogen-bond donors (Lipinski definition) is 2. The number of anilines is 2. The number of sulfonamides is 1. The van der Waals surface area contributed by atoms with Gasteiger partial charge in [0.2, 0.25) is 0 Å². The van der Waals surface area contributed by atoms with Crippen molar-refractivity contribution in [2.75, 3.05) is 10.5 Å². The molecule has 0 fully saturated rings. The molecule has 0 aliphatic rings. The van der Waals surface area contributed by atoms with E-state index in [1.807, 2.05) is 0 Å². The molecule has 0 radical (unpaired) electrons. The molecule has 0 spiro atoms. The van der Waals surface area contributed by atoms with Crippen LogP contribution in [0.5, 0.6) is 0 Å². The molecule has 0 unspecified atom stereocenters. The monoisotopic (exact) mass is 263 g/mol.